The quantitative estimate of drug-likeness (QED) is 0.903. The first-order valence-electron chi connectivity index (χ1n) is 8.25. The van der Waals surface area contributed by atoms with Crippen molar-refractivity contribution in [3.63, 3.8) is 0 Å². The molecule has 1 fully saturated rings. The molecule has 4 rings (SSSR count). The van der Waals surface area contributed by atoms with E-state index < -0.39 is 5.97 Å². The van der Waals surface area contributed by atoms with Gasteiger partial charge in [0.25, 0.3) is 5.91 Å². The SMILES string of the molecule is O=C(O)c1nn(CC2CC2)c2c1CN(C(=O)c1ccncc1Cl)CC2. The molecule has 0 aromatic carbocycles. The molecular formula is C17H17ClN4O3. The topological polar surface area (TPSA) is 88.3 Å². The second-order valence-corrected chi connectivity index (χ2v) is 6.94. The average Bonchev–Trinajstić information content (AvgIpc) is 3.34. The van der Waals surface area contributed by atoms with Crippen LogP contribution in [0.2, 0.25) is 5.02 Å². The Balaban J connectivity index is 1.64. The second-order valence-electron chi connectivity index (χ2n) is 6.54. The fraction of sp³-hybridized carbons (Fsp3) is 0.412. The molecule has 0 unspecified atom stereocenters. The van der Waals surface area contributed by atoms with Crippen LogP contribution >= 0.6 is 11.6 Å². The van der Waals surface area contributed by atoms with Gasteiger partial charge in [0.1, 0.15) is 0 Å². The molecule has 1 saturated carbocycles. The molecule has 8 heteroatoms. The van der Waals surface area contributed by atoms with Crippen LogP contribution < -0.4 is 0 Å². The van der Waals surface area contributed by atoms with Crippen molar-refractivity contribution in [2.75, 3.05) is 6.54 Å². The molecule has 0 atom stereocenters. The Labute approximate surface area is 149 Å². The lowest BCUT2D eigenvalue weighted by atomic mass is 10.0. The van der Waals surface area contributed by atoms with Crippen LogP contribution in [0, 0.1) is 5.92 Å². The van der Waals surface area contributed by atoms with Crippen molar-refractivity contribution >= 4 is 23.5 Å². The van der Waals surface area contributed by atoms with Gasteiger partial charge in [0.2, 0.25) is 0 Å². The third-order valence-corrected chi connectivity index (χ3v) is 5.06. The number of rotatable bonds is 4. The summed E-state index contributed by atoms with van der Waals surface area (Å²) in [6.07, 6.45) is 5.88. The summed E-state index contributed by atoms with van der Waals surface area (Å²) >= 11 is 6.07. The number of carboxylic acids is 1. The highest BCUT2D eigenvalue weighted by Crippen LogP contribution is 2.33. The molecule has 2 aromatic rings. The van der Waals surface area contributed by atoms with Crippen LogP contribution in [-0.4, -0.2) is 43.2 Å². The number of aromatic nitrogens is 3. The summed E-state index contributed by atoms with van der Waals surface area (Å²) in [5.74, 6) is -0.674. The number of carboxylic acid groups (broad SMARTS) is 1. The van der Waals surface area contributed by atoms with Crippen LogP contribution in [-0.2, 0) is 19.5 Å². The summed E-state index contributed by atoms with van der Waals surface area (Å²) in [5, 5.41) is 14.1. The number of hydrogen-bond acceptors (Lipinski definition) is 4. The predicted octanol–water partition coefficient (Wildman–Crippen LogP) is 2.24. The molecule has 1 N–H and O–H groups in total. The Hall–Kier alpha value is -2.41. The largest absolute Gasteiger partial charge is 0.476 e. The molecule has 25 heavy (non-hydrogen) atoms. The molecule has 1 aliphatic heterocycles. The first kappa shape index (κ1) is 16.1. The predicted molar refractivity (Wildman–Crippen MR) is 89.6 cm³/mol. The monoisotopic (exact) mass is 360 g/mol. The van der Waals surface area contributed by atoms with E-state index >= 15 is 0 Å². The van der Waals surface area contributed by atoms with Gasteiger partial charge < -0.3 is 10.0 Å². The summed E-state index contributed by atoms with van der Waals surface area (Å²) in [5.41, 5.74) is 2.00. The van der Waals surface area contributed by atoms with Crippen LogP contribution in [0.5, 0.6) is 0 Å². The molecule has 1 aliphatic carbocycles. The zero-order valence-electron chi connectivity index (χ0n) is 13.5. The van der Waals surface area contributed by atoms with Crippen LogP contribution in [0.4, 0.5) is 0 Å². The molecule has 1 amide bonds. The minimum absolute atomic E-state index is 0.0500. The highest BCUT2D eigenvalue weighted by atomic mass is 35.5. The van der Waals surface area contributed by atoms with E-state index in [1.807, 2.05) is 4.68 Å². The van der Waals surface area contributed by atoms with Crippen molar-refractivity contribution in [3.8, 4) is 0 Å². The Morgan fingerprint density at radius 1 is 1.36 bits per heavy atom. The number of carbonyl (C=O) groups excluding carboxylic acids is 1. The Bertz CT molecular complexity index is 860. The number of pyridine rings is 1. The molecule has 2 aliphatic rings. The van der Waals surface area contributed by atoms with Crippen molar-refractivity contribution in [2.24, 2.45) is 5.92 Å². The summed E-state index contributed by atoms with van der Waals surface area (Å²) in [6.45, 7) is 1.51. The zero-order valence-corrected chi connectivity index (χ0v) is 14.2. The number of hydrogen-bond donors (Lipinski definition) is 1. The highest BCUT2D eigenvalue weighted by molar-refractivity contribution is 6.33. The lowest BCUT2D eigenvalue weighted by molar-refractivity contribution is 0.0674. The number of halogens is 1. The lowest BCUT2D eigenvalue weighted by Gasteiger charge is -2.28. The van der Waals surface area contributed by atoms with E-state index in [-0.39, 0.29) is 18.1 Å². The molecule has 0 saturated heterocycles. The van der Waals surface area contributed by atoms with Crippen LogP contribution in [0.15, 0.2) is 18.5 Å². The molecule has 7 nitrogen and oxygen atoms in total. The Morgan fingerprint density at radius 3 is 2.84 bits per heavy atom. The standard InChI is InChI=1S/C17H17ClN4O3/c18-13-7-19-5-3-11(13)16(23)21-6-4-14-12(9-21)15(17(24)25)20-22(14)8-10-1-2-10/h3,5,7,10H,1-2,4,6,8-9H2,(H,24,25). The molecule has 3 heterocycles. The van der Waals surface area contributed by atoms with Gasteiger partial charge in [0.05, 0.1) is 17.1 Å². The maximum absolute atomic E-state index is 12.7. The maximum atomic E-state index is 12.7. The van der Waals surface area contributed by atoms with E-state index in [2.05, 4.69) is 10.1 Å². The lowest BCUT2D eigenvalue weighted by Crippen LogP contribution is -2.37. The van der Waals surface area contributed by atoms with Crippen LogP contribution in [0.25, 0.3) is 0 Å². The van der Waals surface area contributed by atoms with Crippen molar-refractivity contribution in [1.82, 2.24) is 19.7 Å². The van der Waals surface area contributed by atoms with Gasteiger partial charge in [-0.05, 0) is 24.8 Å². The summed E-state index contributed by atoms with van der Waals surface area (Å²) < 4.78 is 1.83. The van der Waals surface area contributed by atoms with E-state index in [1.165, 1.54) is 25.2 Å². The number of nitrogens with zero attached hydrogens (tertiary/aromatic N) is 4. The highest BCUT2D eigenvalue weighted by Gasteiger charge is 2.32. The van der Waals surface area contributed by atoms with Gasteiger partial charge in [0.15, 0.2) is 5.69 Å². The van der Waals surface area contributed by atoms with Gasteiger partial charge in [-0.3, -0.25) is 14.5 Å². The molecule has 0 bridgehead atoms. The van der Waals surface area contributed by atoms with E-state index in [4.69, 9.17) is 11.6 Å². The molecule has 130 valence electrons. The fourth-order valence-corrected chi connectivity index (χ4v) is 3.45. The third kappa shape index (κ3) is 3.00. The van der Waals surface area contributed by atoms with Gasteiger partial charge >= 0.3 is 5.97 Å². The smallest absolute Gasteiger partial charge is 0.356 e. The first-order chi connectivity index (χ1) is 12.0. The number of carbonyl (C=O) groups is 2. The van der Waals surface area contributed by atoms with Crippen molar-refractivity contribution in [2.45, 2.75) is 32.4 Å². The molecular weight excluding hydrogens is 344 g/mol. The number of aromatic carboxylic acids is 1. The Morgan fingerprint density at radius 2 is 2.16 bits per heavy atom. The van der Waals surface area contributed by atoms with Gasteiger partial charge in [-0.15, -0.1) is 0 Å². The zero-order chi connectivity index (χ0) is 17.6. The average molecular weight is 361 g/mol. The second kappa shape index (κ2) is 6.15. The fourth-order valence-electron chi connectivity index (χ4n) is 3.25. The number of amides is 1. The molecule has 0 radical (unpaired) electrons. The maximum Gasteiger partial charge on any atom is 0.356 e. The van der Waals surface area contributed by atoms with Gasteiger partial charge in [-0.25, -0.2) is 4.79 Å². The third-order valence-electron chi connectivity index (χ3n) is 4.75. The van der Waals surface area contributed by atoms with E-state index in [0.29, 0.717) is 35.0 Å². The van der Waals surface area contributed by atoms with Gasteiger partial charge in [0, 0.05) is 43.2 Å². The van der Waals surface area contributed by atoms with Crippen LogP contribution in [0.1, 0.15) is 44.9 Å². The van der Waals surface area contributed by atoms with Gasteiger partial charge in [-0.2, -0.15) is 5.10 Å². The van der Waals surface area contributed by atoms with E-state index in [0.717, 1.165) is 12.2 Å². The molecule has 0 spiro atoms. The Kier molecular flexibility index (Phi) is 3.95. The number of fused-ring (bicyclic) bond motifs is 1. The van der Waals surface area contributed by atoms with Crippen LogP contribution in [0.3, 0.4) is 0 Å². The first-order valence-corrected chi connectivity index (χ1v) is 8.63. The van der Waals surface area contributed by atoms with Crippen molar-refractivity contribution in [1.29, 1.82) is 0 Å². The minimum Gasteiger partial charge on any atom is -0.476 e. The van der Waals surface area contributed by atoms with Gasteiger partial charge in [-0.1, -0.05) is 11.6 Å². The van der Waals surface area contributed by atoms with Crippen molar-refractivity contribution in [3.05, 3.63) is 46.0 Å². The summed E-state index contributed by atoms with van der Waals surface area (Å²) in [4.78, 5) is 29.8. The summed E-state index contributed by atoms with van der Waals surface area (Å²) in [7, 11) is 0. The van der Waals surface area contributed by atoms with Crippen molar-refractivity contribution < 1.29 is 14.7 Å². The normalized spacial score (nSPS) is 16.6. The summed E-state index contributed by atoms with van der Waals surface area (Å²) in [6, 6.07) is 1.58. The van der Waals surface area contributed by atoms with E-state index in [9.17, 15) is 14.7 Å². The van der Waals surface area contributed by atoms with E-state index in [1.54, 1.807) is 11.0 Å². The minimum atomic E-state index is -1.05. The molecule has 2 aromatic heterocycles.